The summed E-state index contributed by atoms with van der Waals surface area (Å²) in [4.78, 5) is 73.8. The molecule has 4 amide bonds. The van der Waals surface area contributed by atoms with Gasteiger partial charge < -0.3 is 40.2 Å². The molecule has 0 spiro atoms. The number of carbonyl (C=O) groups excluding carboxylic acids is 4. The lowest BCUT2D eigenvalue weighted by molar-refractivity contribution is 0.101. The number of thiophene rings is 1. The number of para-hydroxylation sites is 1. The van der Waals surface area contributed by atoms with Gasteiger partial charge in [-0.15, -0.1) is 11.3 Å². The number of hydrogen-bond acceptors (Lipinski definition) is 22. The lowest BCUT2D eigenvalue weighted by Gasteiger charge is -2.28. The Kier molecular flexibility index (Phi) is 27.9. The van der Waals surface area contributed by atoms with Crippen LogP contribution >= 0.6 is 22.9 Å². The first-order chi connectivity index (χ1) is 66.0. The van der Waals surface area contributed by atoms with Crippen LogP contribution in [0.2, 0.25) is 5.02 Å². The molecular formula is C99H81ClF3N13O16S5. The summed E-state index contributed by atoms with van der Waals surface area (Å²) in [6.45, 7) is 5.87. The van der Waals surface area contributed by atoms with Gasteiger partial charge in [0.15, 0.2) is 41.2 Å². The number of amides is 4. The molecule has 0 saturated carbocycles. The standard InChI is InChI=1S/C26H24N4O4S.C25H19F2N3O4S.C25H20FN3O4S.C23H18ClN3O4S2/c1-17-7-8-20(14-23(17)25-27-15-19-5-3-4-6-24(19)29-25)28-26(31)22-10-9-21(13-18(22)2)30-11-12-34-16-35(30,32)33;26-22-14-18(13-21(23(22)27)24-20-4-2-1-3-16(20)9-10-28-24)29-25(31)17-5-7-19(8-6-17)30-11-12-34-15-35(30,32)33;26-23-10-7-19(15-22(23)24-21-4-2-1-3-17(21)11-12-27-24)28-25(30)18-5-8-20(9-6-18)29-13-14-33-16-34(29,31)32;24-20-6-3-17(13-19(20)21-22-15(7-9-25-21)8-12-32-22)26-23(28)16-1-4-18(5-2-16)27-10-11-31-14-33(27,29)30/h3-10,13-15H,11-12,16H2,1-2H3,(H,28,31);1-10,13-14H,11-12,15H2,(H,29,31);1-12,15H,13-14,16H2,(H,28,30);1-9,12-13H,10-11,14H2,(H,26,28). The van der Waals surface area contributed by atoms with Gasteiger partial charge in [0.05, 0.1) is 108 Å². The number of rotatable bonds is 16. The minimum atomic E-state index is -3.59. The van der Waals surface area contributed by atoms with Gasteiger partial charge >= 0.3 is 0 Å². The van der Waals surface area contributed by atoms with Crippen LogP contribution < -0.4 is 38.5 Å². The molecule has 0 unspecified atom stereocenters. The number of hydrogen-bond donors (Lipinski definition) is 4. The minimum absolute atomic E-state index is 0.0541. The lowest BCUT2D eigenvalue weighted by atomic mass is 10.0. The molecule has 4 aliphatic rings. The number of pyridine rings is 3. The third-order valence-corrected chi connectivity index (χ3v) is 29.8. The van der Waals surface area contributed by atoms with Crippen LogP contribution in [0.4, 0.5) is 58.7 Å². The van der Waals surface area contributed by atoms with Crippen LogP contribution in [0.15, 0.2) is 285 Å². The number of nitrogens with zero attached hydrogens (tertiary/aromatic N) is 9. The quantitative estimate of drug-likeness (QED) is 0.0698. The Balaban J connectivity index is 0.000000127. The third-order valence-electron chi connectivity index (χ3n) is 22.5. The smallest absolute Gasteiger partial charge is 0.259 e. The van der Waals surface area contributed by atoms with E-state index < -0.39 is 75.3 Å². The van der Waals surface area contributed by atoms with Gasteiger partial charge in [-0.05, 0) is 222 Å². The zero-order chi connectivity index (χ0) is 95.9. The monoisotopic (exact) mass is 1960 g/mol. The lowest BCUT2D eigenvalue weighted by Crippen LogP contribution is -2.41. The molecule has 0 bridgehead atoms. The number of aryl methyl sites for hydroxylation is 2. The number of aromatic nitrogens is 5. The molecule has 137 heavy (non-hydrogen) atoms. The predicted molar refractivity (Wildman–Crippen MR) is 525 cm³/mol. The highest BCUT2D eigenvalue weighted by molar-refractivity contribution is 7.93. The van der Waals surface area contributed by atoms with E-state index in [1.165, 1.54) is 65.9 Å². The number of fused-ring (bicyclic) bond motifs is 4. The maximum Gasteiger partial charge on any atom is 0.259 e. The Morgan fingerprint density at radius 3 is 1.30 bits per heavy atom. The number of sulfonamides is 4. The number of nitrogens with one attached hydrogen (secondary N) is 4. The van der Waals surface area contributed by atoms with E-state index in [0.717, 1.165) is 65.6 Å². The summed E-state index contributed by atoms with van der Waals surface area (Å²) >= 11 is 8.04. The van der Waals surface area contributed by atoms with Gasteiger partial charge in [-0.25, -0.2) is 56.8 Å². The number of anilines is 8. The Hall–Kier alpha value is -14.5. The molecule has 20 rings (SSSR count). The second kappa shape index (κ2) is 40.6. The molecule has 9 heterocycles. The predicted octanol–water partition coefficient (Wildman–Crippen LogP) is 18.3. The summed E-state index contributed by atoms with van der Waals surface area (Å²) in [5.74, 6) is -5.08. The maximum atomic E-state index is 14.7. The molecule has 4 aliphatic heterocycles. The van der Waals surface area contributed by atoms with Gasteiger partial charge in [-0.2, -0.15) is 0 Å². The molecule has 5 aromatic heterocycles. The molecule has 0 radical (unpaired) electrons. The molecule has 696 valence electrons. The number of benzene rings is 11. The average Bonchev–Trinajstić information content (AvgIpc) is 1.77. The number of ether oxygens (including phenoxy) is 4. The first-order valence-corrected chi connectivity index (χ1v) is 50.1. The van der Waals surface area contributed by atoms with Gasteiger partial charge in [-0.1, -0.05) is 84.4 Å². The summed E-state index contributed by atoms with van der Waals surface area (Å²) in [6.07, 6.45) is 6.67. The summed E-state index contributed by atoms with van der Waals surface area (Å²) < 4.78 is 168. The molecule has 29 nitrogen and oxygen atoms in total. The fraction of sp³-hybridized carbons (Fsp3) is 0.141. The van der Waals surface area contributed by atoms with Crippen molar-refractivity contribution >= 4 is 175 Å². The van der Waals surface area contributed by atoms with Crippen LogP contribution in [-0.2, 0) is 59.0 Å². The van der Waals surface area contributed by atoms with Gasteiger partial charge in [-0.3, -0.25) is 51.4 Å². The first kappa shape index (κ1) is 94.3. The van der Waals surface area contributed by atoms with E-state index in [0.29, 0.717) is 104 Å². The molecule has 38 heteroatoms. The Morgan fingerprint density at radius 2 is 0.788 bits per heavy atom. The number of halogens is 4. The van der Waals surface area contributed by atoms with E-state index in [-0.39, 0.29) is 90.5 Å². The maximum absolute atomic E-state index is 14.7. The molecule has 4 saturated heterocycles. The number of carbonyl (C=O) groups is 4. The summed E-state index contributed by atoms with van der Waals surface area (Å²) in [5.41, 5.74) is 10.8. The highest BCUT2D eigenvalue weighted by Crippen LogP contribution is 2.40. The van der Waals surface area contributed by atoms with Crippen LogP contribution in [-0.4, -0.2) is 159 Å². The summed E-state index contributed by atoms with van der Waals surface area (Å²) in [7, 11) is -14.2. The topological polar surface area (TPSA) is 367 Å². The molecule has 16 aromatic rings. The normalized spacial score (nSPS) is 15.3. The molecular weight excluding hydrogens is 1880 g/mol. The van der Waals surface area contributed by atoms with Gasteiger partial charge in [0.25, 0.3) is 63.7 Å². The van der Waals surface area contributed by atoms with Crippen molar-refractivity contribution in [2.45, 2.75) is 13.8 Å². The first-order valence-electron chi connectivity index (χ1n) is 42.4. The Bertz CT molecular complexity index is 7870. The van der Waals surface area contributed by atoms with E-state index in [4.69, 9.17) is 30.5 Å². The van der Waals surface area contributed by atoms with E-state index >= 15 is 0 Å². The van der Waals surface area contributed by atoms with Crippen molar-refractivity contribution in [1.82, 2.24) is 24.9 Å². The second-order valence-corrected chi connectivity index (χ2v) is 40.2. The molecule has 0 aliphatic carbocycles. The zero-order valence-corrected chi connectivity index (χ0v) is 77.6. The van der Waals surface area contributed by atoms with Gasteiger partial charge in [0.1, 0.15) is 5.82 Å². The molecule has 11 aromatic carbocycles. The SMILES string of the molecule is Cc1cc(N2CCOCS2(=O)=O)ccc1C(=O)Nc1ccc(C)c(-c2ncc3ccccc3n2)c1.O=C(Nc1cc(F)c(F)c(-c2nccc3ccccc23)c1)c1ccc(N2CCOCS2(=O)=O)cc1.O=C(Nc1ccc(Cl)c(-c2nccc3ccsc23)c1)c1ccc(N2CCOCS2(=O)=O)cc1.O=C(Nc1ccc(F)c(-c2nccc3ccccc23)c1)c1ccc(N2CCOCS2(=O)=O)cc1. The van der Waals surface area contributed by atoms with Crippen LogP contribution in [0, 0.1) is 31.3 Å². The fourth-order valence-electron chi connectivity index (χ4n) is 15.6. The second-order valence-electron chi connectivity index (χ2n) is 31.5. The van der Waals surface area contributed by atoms with Crippen LogP contribution in [0.5, 0.6) is 0 Å². The minimum Gasteiger partial charge on any atom is -0.362 e. The fourth-order valence-corrected chi connectivity index (χ4v) is 21.7. The molecule has 4 fully saturated rings. The van der Waals surface area contributed by atoms with Crippen molar-refractivity contribution in [1.29, 1.82) is 0 Å². The van der Waals surface area contributed by atoms with Crippen molar-refractivity contribution in [2.24, 2.45) is 0 Å². The van der Waals surface area contributed by atoms with Crippen molar-refractivity contribution in [3.63, 3.8) is 0 Å². The van der Waals surface area contributed by atoms with Crippen LogP contribution in [0.3, 0.4) is 0 Å². The Morgan fingerprint density at radius 1 is 0.372 bits per heavy atom. The van der Waals surface area contributed by atoms with Crippen LogP contribution in [0.25, 0.3) is 87.7 Å². The largest absolute Gasteiger partial charge is 0.362 e. The zero-order valence-electron chi connectivity index (χ0n) is 72.7. The van der Waals surface area contributed by atoms with E-state index in [2.05, 4.69) is 46.2 Å². The molecule has 4 N–H and O–H groups in total. The average molecular weight is 1960 g/mol. The van der Waals surface area contributed by atoms with Gasteiger partial charge in [0, 0.05) is 114 Å². The highest BCUT2D eigenvalue weighted by atomic mass is 35.5. The van der Waals surface area contributed by atoms with Crippen molar-refractivity contribution in [3.05, 3.63) is 341 Å². The highest BCUT2D eigenvalue weighted by Gasteiger charge is 2.33. The molecule has 0 atom stereocenters. The van der Waals surface area contributed by atoms with E-state index in [1.54, 1.807) is 146 Å². The summed E-state index contributed by atoms with van der Waals surface area (Å²) in [6, 6.07) is 71.2. The van der Waals surface area contributed by atoms with E-state index in [1.807, 2.05) is 109 Å². The van der Waals surface area contributed by atoms with Gasteiger partial charge in [0.2, 0.25) is 0 Å². The van der Waals surface area contributed by atoms with Crippen molar-refractivity contribution in [2.75, 3.05) is 115 Å². The Labute approximate surface area is 793 Å². The third kappa shape index (κ3) is 21.3. The van der Waals surface area contributed by atoms with E-state index in [9.17, 15) is 66.0 Å². The van der Waals surface area contributed by atoms with Crippen LogP contribution in [0.1, 0.15) is 52.6 Å². The van der Waals surface area contributed by atoms with Crippen molar-refractivity contribution < 1.29 is 85.0 Å². The summed E-state index contributed by atoms with van der Waals surface area (Å²) in [5, 5.41) is 19.0. The van der Waals surface area contributed by atoms with Crippen molar-refractivity contribution in [3.8, 4) is 45.2 Å².